The van der Waals surface area contributed by atoms with E-state index in [4.69, 9.17) is 10.5 Å². The third-order valence-corrected chi connectivity index (χ3v) is 2.32. The molecule has 0 saturated carbocycles. The summed E-state index contributed by atoms with van der Waals surface area (Å²) in [4.78, 5) is 11.1. The Morgan fingerprint density at radius 1 is 1.45 bits per heavy atom. The molecule has 1 amide bonds. The number of nitrogens with two attached hydrogens (primary N) is 1. The van der Waals surface area contributed by atoms with Gasteiger partial charge in [0.1, 0.15) is 18.1 Å². The van der Waals surface area contributed by atoms with Gasteiger partial charge in [0.25, 0.3) is 5.91 Å². The summed E-state index contributed by atoms with van der Waals surface area (Å²) in [6.07, 6.45) is -4.49. The van der Waals surface area contributed by atoms with Crippen molar-refractivity contribution in [3.05, 3.63) is 29.6 Å². The van der Waals surface area contributed by atoms with Crippen molar-refractivity contribution in [1.29, 1.82) is 0 Å². The summed E-state index contributed by atoms with van der Waals surface area (Å²) in [5, 5.41) is 1.63. The van der Waals surface area contributed by atoms with Crippen molar-refractivity contribution < 1.29 is 27.1 Å². The van der Waals surface area contributed by atoms with Gasteiger partial charge in [-0.25, -0.2) is 4.39 Å². The second kappa shape index (κ2) is 6.56. The van der Waals surface area contributed by atoms with Crippen LogP contribution in [0.1, 0.15) is 18.5 Å². The van der Waals surface area contributed by atoms with E-state index in [1.807, 2.05) is 0 Å². The Morgan fingerprint density at radius 3 is 2.60 bits per heavy atom. The smallest absolute Gasteiger partial charge is 0.405 e. The van der Waals surface area contributed by atoms with Crippen LogP contribution in [0.4, 0.5) is 17.6 Å². The number of benzene rings is 1. The fourth-order valence-corrected chi connectivity index (χ4v) is 1.37. The molecule has 0 aliphatic heterocycles. The highest BCUT2D eigenvalue weighted by molar-refractivity contribution is 5.77. The molecule has 1 atom stereocenters. The Hall–Kier alpha value is -1.83. The van der Waals surface area contributed by atoms with Gasteiger partial charge in [0.2, 0.25) is 0 Å². The van der Waals surface area contributed by atoms with E-state index in [0.29, 0.717) is 0 Å². The summed E-state index contributed by atoms with van der Waals surface area (Å²) in [6, 6.07) is 3.30. The number of rotatable bonds is 5. The molecule has 0 aromatic heterocycles. The van der Waals surface area contributed by atoms with E-state index < -0.39 is 37.1 Å². The molecule has 1 aromatic rings. The normalized spacial score (nSPS) is 12.9. The number of amides is 1. The molecular formula is C12H14F4N2O2. The zero-order valence-corrected chi connectivity index (χ0v) is 10.6. The molecule has 0 spiro atoms. The van der Waals surface area contributed by atoms with Gasteiger partial charge >= 0.3 is 6.18 Å². The Labute approximate surface area is 112 Å². The van der Waals surface area contributed by atoms with Crippen LogP contribution in [-0.2, 0) is 4.79 Å². The van der Waals surface area contributed by atoms with Gasteiger partial charge < -0.3 is 15.8 Å². The van der Waals surface area contributed by atoms with Crippen LogP contribution in [0.15, 0.2) is 18.2 Å². The van der Waals surface area contributed by atoms with Crippen LogP contribution in [0.2, 0.25) is 0 Å². The van der Waals surface area contributed by atoms with Crippen LogP contribution in [-0.4, -0.2) is 25.2 Å². The van der Waals surface area contributed by atoms with E-state index in [2.05, 4.69) is 0 Å². The minimum absolute atomic E-state index is 0.0362. The molecule has 0 aliphatic carbocycles. The molecule has 8 heteroatoms. The largest absolute Gasteiger partial charge is 0.484 e. The van der Waals surface area contributed by atoms with E-state index in [9.17, 15) is 22.4 Å². The molecule has 0 heterocycles. The second-order valence-electron chi connectivity index (χ2n) is 4.15. The maximum atomic E-state index is 13.5. The van der Waals surface area contributed by atoms with Crippen molar-refractivity contribution in [2.45, 2.75) is 19.1 Å². The number of halogens is 4. The van der Waals surface area contributed by atoms with Crippen molar-refractivity contribution in [3.63, 3.8) is 0 Å². The standard InChI is InChI=1S/C12H14F4N2O2/c1-7(17)9-3-2-8(4-10(9)13)20-5-11(19)18-6-12(14,15)16/h2-4,7H,5-6,17H2,1H3,(H,18,19)/t7-/m1/s1. The Balaban J connectivity index is 2.50. The van der Waals surface area contributed by atoms with Crippen molar-refractivity contribution in [1.82, 2.24) is 5.32 Å². The molecule has 1 rings (SSSR count). The topological polar surface area (TPSA) is 64.3 Å². The van der Waals surface area contributed by atoms with Crippen LogP contribution in [0.3, 0.4) is 0 Å². The molecule has 0 fully saturated rings. The van der Waals surface area contributed by atoms with Crippen LogP contribution < -0.4 is 15.8 Å². The maximum absolute atomic E-state index is 13.5. The summed E-state index contributed by atoms with van der Waals surface area (Å²) < 4.78 is 53.9. The van der Waals surface area contributed by atoms with Gasteiger partial charge in [0.15, 0.2) is 6.61 Å². The van der Waals surface area contributed by atoms with Gasteiger partial charge in [0, 0.05) is 17.7 Å². The lowest BCUT2D eigenvalue weighted by Crippen LogP contribution is -2.36. The number of nitrogens with one attached hydrogen (secondary N) is 1. The van der Waals surface area contributed by atoms with Crippen LogP contribution >= 0.6 is 0 Å². The second-order valence-corrected chi connectivity index (χ2v) is 4.15. The van der Waals surface area contributed by atoms with Gasteiger partial charge in [0.05, 0.1) is 0 Å². The molecule has 4 nitrogen and oxygen atoms in total. The Morgan fingerprint density at radius 2 is 2.10 bits per heavy atom. The molecule has 0 saturated heterocycles. The lowest BCUT2D eigenvalue weighted by Gasteiger charge is -2.11. The summed E-state index contributed by atoms with van der Waals surface area (Å²) in [5.41, 5.74) is 5.79. The van der Waals surface area contributed by atoms with E-state index in [1.165, 1.54) is 12.1 Å². The van der Waals surface area contributed by atoms with Gasteiger partial charge in [-0.3, -0.25) is 4.79 Å². The number of hydrogen-bond donors (Lipinski definition) is 2. The molecular weight excluding hydrogens is 280 g/mol. The lowest BCUT2D eigenvalue weighted by atomic mass is 10.1. The number of carbonyl (C=O) groups is 1. The highest BCUT2D eigenvalue weighted by Crippen LogP contribution is 2.20. The van der Waals surface area contributed by atoms with Gasteiger partial charge in [-0.2, -0.15) is 13.2 Å². The Bertz CT molecular complexity index is 475. The first-order valence-electron chi connectivity index (χ1n) is 5.70. The number of alkyl halides is 3. The first-order valence-corrected chi connectivity index (χ1v) is 5.70. The van der Waals surface area contributed by atoms with Gasteiger partial charge in [-0.05, 0) is 13.0 Å². The molecule has 0 unspecified atom stereocenters. The summed E-state index contributed by atoms with van der Waals surface area (Å²) >= 11 is 0. The Kier molecular flexibility index (Phi) is 5.32. The highest BCUT2D eigenvalue weighted by atomic mass is 19.4. The third kappa shape index (κ3) is 5.43. The minimum atomic E-state index is -4.49. The van der Waals surface area contributed by atoms with Crippen molar-refractivity contribution >= 4 is 5.91 Å². The molecule has 0 aliphatic rings. The van der Waals surface area contributed by atoms with E-state index in [-0.39, 0.29) is 11.3 Å². The van der Waals surface area contributed by atoms with Gasteiger partial charge in [-0.1, -0.05) is 6.07 Å². The SMILES string of the molecule is C[C@@H](N)c1ccc(OCC(=O)NCC(F)(F)F)cc1F. The highest BCUT2D eigenvalue weighted by Gasteiger charge is 2.27. The van der Waals surface area contributed by atoms with Crippen molar-refractivity contribution in [2.75, 3.05) is 13.2 Å². The van der Waals surface area contributed by atoms with E-state index >= 15 is 0 Å². The number of carbonyl (C=O) groups excluding carboxylic acids is 1. The molecule has 112 valence electrons. The van der Waals surface area contributed by atoms with Crippen LogP contribution in [0, 0.1) is 5.82 Å². The van der Waals surface area contributed by atoms with Gasteiger partial charge in [-0.15, -0.1) is 0 Å². The molecule has 0 radical (unpaired) electrons. The summed E-state index contributed by atoms with van der Waals surface area (Å²) in [7, 11) is 0. The molecule has 0 bridgehead atoms. The maximum Gasteiger partial charge on any atom is 0.405 e. The number of hydrogen-bond acceptors (Lipinski definition) is 3. The molecule has 20 heavy (non-hydrogen) atoms. The fourth-order valence-electron chi connectivity index (χ4n) is 1.37. The van der Waals surface area contributed by atoms with E-state index in [1.54, 1.807) is 12.2 Å². The molecule has 1 aromatic carbocycles. The van der Waals surface area contributed by atoms with Crippen LogP contribution in [0.5, 0.6) is 5.75 Å². The first-order chi connectivity index (χ1) is 9.19. The summed E-state index contributed by atoms with van der Waals surface area (Å²) in [6.45, 7) is -0.468. The summed E-state index contributed by atoms with van der Waals surface area (Å²) in [5.74, 6) is -1.51. The average Bonchev–Trinajstić information content (AvgIpc) is 2.32. The predicted molar refractivity (Wildman–Crippen MR) is 63.6 cm³/mol. The van der Waals surface area contributed by atoms with Crippen molar-refractivity contribution in [3.8, 4) is 5.75 Å². The van der Waals surface area contributed by atoms with E-state index in [0.717, 1.165) is 6.07 Å². The fraction of sp³-hybridized carbons (Fsp3) is 0.417. The zero-order valence-electron chi connectivity index (χ0n) is 10.6. The number of ether oxygens (including phenoxy) is 1. The van der Waals surface area contributed by atoms with Crippen LogP contribution in [0.25, 0.3) is 0 Å². The zero-order chi connectivity index (χ0) is 15.3. The predicted octanol–water partition coefficient (Wildman–Crippen LogP) is 1.90. The monoisotopic (exact) mass is 294 g/mol. The molecule has 3 N–H and O–H groups in total. The third-order valence-electron chi connectivity index (χ3n) is 2.32. The van der Waals surface area contributed by atoms with Crippen molar-refractivity contribution in [2.24, 2.45) is 5.73 Å². The average molecular weight is 294 g/mol. The minimum Gasteiger partial charge on any atom is -0.484 e. The lowest BCUT2D eigenvalue weighted by molar-refractivity contribution is -0.139. The first kappa shape index (κ1) is 16.2. The quantitative estimate of drug-likeness (QED) is 0.815.